The Morgan fingerprint density at radius 1 is 0.205 bits per heavy atom. The van der Waals surface area contributed by atoms with Gasteiger partial charge in [-0.2, -0.15) is 0 Å². The smallest absolute Gasteiger partial charge is 0.0622 e. The van der Waals surface area contributed by atoms with Crippen molar-refractivity contribution in [1.82, 2.24) is 0 Å². The van der Waals surface area contributed by atoms with Gasteiger partial charge in [-0.25, -0.2) is 0 Å². The van der Waals surface area contributed by atoms with Gasteiger partial charge in [0.05, 0.1) is 0 Å². The zero-order valence-electron chi connectivity index (χ0n) is 21.5. The first-order chi connectivity index (χ1) is 18.9. The first-order valence-electron chi connectivity index (χ1n) is 12.8. The molecular formula is C36H30P2Rh+. The van der Waals surface area contributed by atoms with Gasteiger partial charge in [0.15, 0.2) is 0 Å². The maximum Gasteiger partial charge on any atom is 1.00 e. The van der Waals surface area contributed by atoms with Crippen LogP contribution in [-0.4, -0.2) is 0 Å². The molecule has 0 aliphatic carbocycles. The molecule has 0 radical (unpaired) electrons. The molecule has 6 aromatic rings. The van der Waals surface area contributed by atoms with E-state index in [-0.39, 0.29) is 19.5 Å². The average Bonchev–Trinajstić information content (AvgIpc) is 3.01. The molecule has 0 atom stereocenters. The Morgan fingerprint density at radius 2 is 0.333 bits per heavy atom. The van der Waals surface area contributed by atoms with Crippen LogP contribution in [0.3, 0.4) is 0 Å². The van der Waals surface area contributed by atoms with Gasteiger partial charge in [0.1, 0.15) is 0 Å². The summed E-state index contributed by atoms with van der Waals surface area (Å²) in [6.45, 7) is 0. The topological polar surface area (TPSA) is 0 Å². The second kappa shape index (κ2) is 15.4. The molecule has 0 aliphatic rings. The van der Waals surface area contributed by atoms with Crippen LogP contribution in [0.4, 0.5) is 0 Å². The van der Waals surface area contributed by atoms with Gasteiger partial charge < -0.3 is 0 Å². The fourth-order valence-corrected chi connectivity index (χ4v) is 8.97. The van der Waals surface area contributed by atoms with E-state index in [4.69, 9.17) is 0 Å². The van der Waals surface area contributed by atoms with Gasteiger partial charge in [-0.3, -0.25) is 0 Å². The van der Waals surface area contributed by atoms with Gasteiger partial charge in [-0.1, -0.05) is 182 Å². The van der Waals surface area contributed by atoms with Crippen molar-refractivity contribution in [2.24, 2.45) is 0 Å². The normalized spacial score (nSPS) is 10.3. The molecule has 0 spiro atoms. The third kappa shape index (κ3) is 7.91. The van der Waals surface area contributed by atoms with Crippen molar-refractivity contribution in [2.45, 2.75) is 0 Å². The summed E-state index contributed by atoms with van der Waals surface area (Å²) >= 11 is 0. The second-order valence-corrected chi connectivity index (χ2v) is 13.1. The molecule has 0 aromatic heterocycles. The van der Waals surface area contributed by atoms with E-state index < -0.39 is 15.8 Å². The third-order valence-electron chi connectivity index (χ3n) is 6.09. The van der Waals surface area contributed by atoms with Gasteiger partial charge in [0.2, 0.25) is 0 Å². The van der Waals surface area contributed by atoms with E-state index in [2.05, 4.69) is 182 Å². The van der Waals surface area contributed by atoms with Crippen LogP contribution in [0.1, 0.15) is 0 Å². The van der Waals surface area contributed by atoms with Crippen LogP contribution in [0.2, 0.25) is 0 Å². The van der Waals surface area contributed by atoms with Crippen LogP contribution in [-0.2, 0) is 19.5 Å². The van der Waals surface area contributed by atoms with Gasteiger partial charge in [-0.05, 0) is 47.7 Å². The summed E-state index contributed by atoms with van der Waals surface area (Å²) in [5.74, 6) is 0. The minimum Gasteiger partial charge on any atom is -0.0622 e. The summed E-state index contributed by atoms with van der Waals surface area (Å²) in [6.07, 6.45) is 0. The SMILES string of the molecule is [Rh+].c1ccc(P(c2ccccc2)c2ccccc2)cc1.c1ccc(P(c2ccccc2)c2ccccc2)cc1. The van der Waals surface area contributed by atoms with E-state index in [0.29, 0.717) is 0 Å². The predicted molar refractivity (Wildman–Crippen MR) is 170 cm³/mol. The molecule has 0 bridgehead atoms. The number of hydrogen-bond donors (Lipinski definition) is 0. The van der Waals surface area contributed by atoms with Crippen LogP contribution in [0.15, 0.2) is 182 Å². The van der Waals surface area contributed by atoms with E-state index >= 15 is 0 Å². The van der Waals surface area contributed by atoms with Crippen molar-refractivity contribution in [1.29, 1.82) is 0 Å². The van der Waals surface area contributed by atoms with Crippen molar-refractivity contribution in [3.05, 3.63) is 182 Å². The predicted octanol–water partition coefficient (Wildman–Crippen LogP) is 6.89. The standard InChI is InChI=1S/2C18H15P.Rh/c2*1-4-10-16(11-5-1)19(17-12-6-2-7-13-17)18-14-8-3-9-15-18;/h2*1-15H;/q;;+1. The Morgan fingerprint density at radius 3 is 0.462 bits per heavy atom. The molecule has 0 fully saturated rings. The fourth-order valence-electron chi connectivity index (χ4n) is 4.36. The van der Waals surface area contributed by atoms with Crippen LogP contribution >= 0.6 is 15.8 Å². The first kappa shape index (κ1) is 28.8. The van der Waals surface area contributed by atoms with E-state index in [9.17, 15) is 0 Å². The van der Waals surface area contributed by atoms with Crippen molar-refractivity contribution in [3.8, 4) is 0 Å². The summed E-state index contributed by atoms with van der Waals surface area (Å²) in [5, 5.41) is 8.39. The Kier molecular flexibility index (Phi) is 11.4. The molecule has 0 saturated heterocycles. The van der Waals surface area contributed by atoms with Crippen LogP contribution in [0.25, 0.3) is 0 Å². The maximum atomic E-state index is 2.23. The summed E-state index contributed by atoms with van der Waals surface area (Å²) in [7, 11) is -0.892. The van der Waals surface area contributed by atoms with Crippen molar-refractivity contribution >= 4 is 47.7 Å². The summed E-state index contributed by atoms with van der Waals surface area (Å²) < 4.78 is 0. The molecule has 6 aromatic carbocycles. The molecule has 0 N–H and O–H groups in total. The van der Waals surface area contributed by atoms with E-state index in [1.54, 1.807) is 0 Å². The average molecular weight is 627 g/mol. The molecular weight excluding hydrogens is 597 g/mol. The molecule has 192 valence electrons. The van der Waals surface area contributed by atoms with Gasteiger partial charge in [-0.15, -0.1) is 0 Å². The summed E-state index contributed by atoms with van der Waals surface area (Å²) in [5.41, 5.74) is 0. The van der Waals surface area contributed by atoms with Gasteiger partial charge in [0.25, 0.3) is 0 Å². The minimum atomic E-state index is -0.446. The Labute approximate surface area is 248 Å². The van der Waals surface area contributed by atoms with Crippen LogP contribution in [0, 0.1) is 0 Å². The van der Waals surface area contributed by atoms with E-state index in [0.717, 1.165) is 0 Å². The molecule has 0 nitrogen and oxygen atoms in total. The van der Waals surface area contributed by atoms with Crippen LogP contribution < -0.4 is 31.8 Å². The number of rotatable bonds is 6. The first-order valence-corrected chi connectivity index (χ1v) is 15.5. The third-order valence-corrected chi connectivity index (χ3v) is 11.0. The molecule has 3 heteroatoms. The molecule has 39 heavy (non-hydrogen) atoms. The maximum absolute atomic E-state index is 2.23. The number of benzene rings is 6. The van der Waals surface area contributed by atoms with Gasteiger partial charge >= 0.3 is 19.5 Å². The molecule has 0 heterocycles. The molecule has 0 saturated carbocycles. The second-order valence-electron chi connectivity index (χ2n) is 8.68. The minimum absolute atomic E-state index is 0. The Balaban J connectivity index is 0.000000176. The summed E-state index contributed by atoms with van der Waals surface area (Å²) in [6, 6.07) is 64.7. The zero-order chi connectivity index (χ0) is 25.8. The monoisotopic (exact) mass is 627 g/mol. The summed E-state index contributed by atoms with van der Waals surface area (Å²) in [4.78, 5) is 0. The number of hydrogen-bond acceptors (Lipinski definition) is 0. The quantitative estimate of drug-likeness (QED) is 0.140. The van der Waals surface area contributed by atoms with Gasteiger partial charge in [0, 0.05) is 0 Å². The van der Waals surface area contributed by atoms with E-state index in [1.165, 1.54) is 31.8 Å². The molecule has 0 unspecified atom stereocenters. The van der Waals surface area contributed by atoms with E-state index in [1.807, 2.05) is 0 Å². The Bertz CT molecular complexity index is 1170. The van der Waals surface area contributed by atoms with Crippen molar-refractivity contribution < 1.29 is 19.5 Å². The zero-order valence-corrected chi connectivity index (χ0v) is 25.0. The van der Waals surface area contributed by atoms with Crippen molar-refractivity contribution in [3.63, 3.8) is 0 Å². The largest absolute Gasteiger partial charge is 1.00 e. The Hall–Kier alpha value is -3.20. The van der Waals surface area contributed by atoms with Crippen molar-refractivity contribution in [2.75, 3.05) is 0 Å². The molecule has 0 aliphatic heterocycles. The van der Waals surface area contributed by atoms with Crippen LogP contribution in [0.5, 0.6) is 0 Å². The fraction of sp³-hybridized carbons (Fsp3) is 0. The molecule has 0 amide bonds. The molecule has 6 rings (SSSR count).